The van der Waals surface area contributed by atoms with E-state index in [4.69, 9.17) is 14.6 Å². The van der Waals surface area contributed by atoms with Crippen LogP contribution in [0.4, 0.5) is 13.2 Å². The van der Waals surface area contributed by atoms with Gasteiger partial charge in [-0.3, -0.25) is 9.69 Å². The number of allylic oxidation sites excluding steroid dienone is 1. The fraction of sp³-hybridized carbons (Fsp3) is 0.444. The van der Waals surface area contributed by atoms with Crippen LogP contribution in [0.25, 0.3) is 5.57 Å². The van der Waals surface area contributed by atoms with E-state index in [1.807, 2.05) is 18.2 Å². The third-order valence-corrected chi connectivity index (χ3v) is 6.55. The molecule has 35 heavy (non-hydrogen) atoms. The van der Waals surface area contributed by atoms with Crippen LogP contribution in [0.3, 0.4) is 0 Å². The summed E-state index contributed by atoms with van der Waals surface area (Å²) < 4.78 is 51.7. The molecule has 0 bridgehead atoms. The molecule has 0 aromatic heterocycles. The zero-order valence-corrected chi connectivity index (χ0v) is 20.1. The molecule has 0 atom stereocenters. The van der Waals surface area contributed by atoms with E-state index in [2.05, 4.69) is 11.8 Å². The second kappa shape index (κ2) is 9.93. The van der Waals surface area contributed by atoms with Crippen LogP contribution < -0.4 is 9.47 Å². The van der Waals surface area contributed by atoms with E-state index in [1.54, 1.807) is 19.9 Å². The van der Waals surface area contributed by atoms with Crippen LogP contribution in [0.2, 0.25) is 0 Å². The Labute approximate surface area is 203 Å². The van der Waals surface area contributed by atoms with Crippen LogP contribution >= 0.6 is 0 Å². The average Bonchev–Trinajstić information content (AvgIpc) is 2.75. The SMILES string of the molecule is CC1=C(CN2CC(C(=O)O)C2)CCc2cc(OCc3ccc(OC(C)C)c(C(F)(F)F)c3)ccc21. The lowest BCUT2D eigenvalue weighted by molar-refractivity contribution is -0.147. The van der Waals surface area contributed by atoms with Gasteiger partial charge in [-0.05, 0) is 80.1 Å². The van der Waals surface area contributed by atoms with Gasteiger partial charge in [0.05, 0.1) is 17.6 Å². The molecule has 1 heterocycles. The van der Waals surface area contributed by atoms with Gasteiger partial charge in [0.25, 0.3) is 0 Å². The standard InChI is InChI=1S/C27H30F3NO4/c1-16(2)35-25-9-4-18(10-24(25)27(28,29)30)15-34-22-7-8-23-17(3)20(6-5-19(23)11-22)12-31-13-21(14-31)26(32)33/h4,7-11,16,21H,5-6,12-15H2,1-3H3,(H,32,33). The van der Waals surface area contributed by atoms with Crippen molar-refractivity contribution in [3.63, 3.8) is 0 Å². The van der Waals surface area contributed by atoms with Crippen LogP contribution in [0, 0.1) is 5.92 Å². The molecule has 0 radical (unpaired) electrons. The molecule has 0 unspecified atom stereocenters. The van der Waals surface area contributed by atoms with Crippen molar-refractivity contribution in [1.82, 2.24) is 4.90 Å². The topological polar surface area (TPSA) is 59.0 Å². The quantitative estimate of drug-likeness (QED) is 0.507. The lowest BCUT2D eigenvalue weighted by atomic mass is 9.85. The van der Waals surface area contributed by atoms with E-state index < -0.39 is 17.7 Å². The Morgan fingerprint density at radius 1 is 1.14 bits per heavy atom. The Hall–Kier alpha value is -3.00. The first-order chi connectivity index (χ1) is 16.5. The largest absolute Gasteiger partial charge is 0.490 e. The fourth-order valence-electron chi connectivity index (χ4n) is 4.63. The molecular formula is C27H30F3NO4. The van der Waals surface area contributed by atoms with E-state index in [-0.39, 0.29) is 24.4 Å². The summed E-state index contributed by atoms with van der Waals surface area (Å²) >= 11 is 0. The van der Waals surface area contributed by atoms with Crippen LogP contribution in [0.5, 0.6) is 11.5 Å². The molecule has 0 saturated carbocycles. The number of aliphatic carboxylic acids is 1. The fourth-order valence-corrected chi connectivity index (χ4v) is 4.63. The molecule has 1 saturated heterocycles. The van der Waals surface area contributed by atoms with Crippen LogP contribution in [-0.4, -0.2) is 41.7 Å². The van der Waals surface area contributed by atoms with Gasteiger partial charge in [0, 0.05) is 19.6 Å². The Kier molecular flexibility index (Phi) is 7.12. The maximum absolute atomic E-state index is 13.5. The summed E-state index contributed by atoms with van der Waals surface area (Å²) in [4.78, 5) is 13.2. The zero-order valence-electron chi connectivity index (χ0n) is 20.1. The Morgan fingerprint density at radius 2 is 1.89 bits per heavy atom. The lowest BCUT2D eigenvalue weighted by Crippen LogP contribution is -2.50. The van der Waals surface area contributed by atoms with Gasteiger partial charge in [0.1, 0.15) is 18.1 Å². The van der Waals surface area contributed by atoms with Crippen LogP contribution in [0.15, 0.2) is 42.0 Å². The molecule has 1 fully saturated rings. The predicted octanol–water partition coefficient (Wildman–Crippen LogP) is 5.81. The number of hydrogen-bond donors (Lipinski definition) is 1. The summed E-state index contributed by atoms with van der Waals surface area (Å²) in [5.41, 5.74) is 4.42. The minimum Gasteiger partial charge on any atom is -0.490 e. The summed E-state index contributed by atoms with van der Waals surface area (Å²) in [5, 5.41) is 9.07. The minimum absolute atomic E-state index is 0.0175. The predicted molar refractivity (Wildman–Crippen MR) is 126 cm³/mol. The molecule has 2 aliphatic rings. The number of benzene rings is 2. The summed E-state index contributed by atoms with van der Waals surface area (Å²) in [6.07, 6.45) is -3.14. The van der Waals surface area contributed by atoms with E-state index in [1.165, 1.54) is 17.2 Å². The van der Waals surface area contributed by atoms with Crippen molar-refractivity contribution in [3.8, 4) is 11.5 Å². The molecule has 0 amide bonds. The third-order valence-electron chi connectivity index (χ3n) is 6.55. The number of carbonyl (C=O) groups is 1. The van der Waals surface area contributed by atoms with E-state index in [9.17, 15) is 18.0 Å². The maximum atomic E-state index is 13.5. The number of aryl methyl sites for hydroxylation is 1. The summed E-state index contributed by atoms with van der Waals surface area (Å²) in [5.74, 6) is -0.566. The number of carboxylic acid groups (broad SMARTS) is 1. The van der Waals surface area contributed by atoms with Crippen LogP contribution in [-0.2, 0) is 24.0 Å². The summed E-state index contributed by atoms with van der Waals surface area (Å²) in [6.45, 7) is 7.44. The number of carboxylic acids is 1. The number of ether oxygens (including phenoxy) is 2. The van der Waals surface area contributed by atoms with E-state index in [0.717, 1.165) is 36.6 Å². The molecular weight excluding hydrogens is 459 g/mol. The van der Waals surface area contributed by atoms with Gasteiger partial charge in [-0.1, -0.05) is 17.7 Å². The highest BCUT2D eigenvalue weighted by atomic mass is 19.4. The molecule has 4 rings (SSSR count). The molecule has 2 aromatic rings. The van der Waals surface area contributed by atoms with Crippen molar-refractivity contribution < 1.29 is 32.5 Å². The van der Waals surface area contributed by atoms with Gasteiger partial charge in [0.15, 0.2) is 0 Å². The van der Waals surface area contributed by atoms with E-state index >= 15 is 0 Å². The molecule has 1 aliphatic heterocycles. The van der Waals surface area contributed by atoms with E-state index in [0.29, 0.717) is 24.4 Å². The molecule has 2 aromatic carbocycles. The lowest BCUT2D eigenvalue weighted by Gasteiger charge is -2.38. The normalized spacial score (nSPS) is 16.8. The van der Waals surface area contributed by atoms with Crippen LogP contribution in [0.1, 0.15) is 49.4 Å². The van der Waals surface area contributed by atoms with Gasteiger partial charge in [-0.2, -0.15) is 13.2 Å². The Morgan fingerprint density at radius 3 is 2.54 bits per heavy atom. The summed E-state index contributed by atoms with van der Waals surface area (Å²) in [6, 6.07) is 9.82. The molecule has 8 heteroatoms. The van der Waals surface area contributed by atoms with Crippen molar-refractivity contribution in [1.29, 1.82) is 0 Å². The van der Waals surface area contributed by atoms with Crippen molar-refractivity contribution in [2.24, 2.45) is 5.92 Å². The third kappa shape index (κ3) is 5.81. The van der Waals surface area contributed by atoms with Crippen molar-refractivity contribution >= 4 is 11.5 Å². The van der Waals surface area contributed by atoms with Crippen molar-refractivity contribution in [2.75, 3.05) is 19.6 Å². The Balaban J connectivity index is 1.43. The highest BCUT2D eigenvalue weighted by Crippen LogP contribution is 2.38. The highest BCUT2D eigenvalue weighted by molar-refractivity contribution is 5.73. The number of fused-ring (bicyclic) bond motifs is 1. The first kappa shape index (κ1) is 25.1. The average molecular weight is 490 g/mol. The summed E-state index contributed by atoms with van der Waals surface area (Å²) in [7, 11) is 0. The first-order valence-electron chi connectivity index (χ1n) is 11.8. The number of alkyl halides is 3. The van der Waals surface area contributed by atoms with Crippen molar-refractivity contribution in [2.45, 2.75) is 52.5 Å². The second-order valence-corrected chi connectivity index (χ2v) is 9.56. The van der Waals surface area contributed by atoms with Gasteiger partial charge < -0.3 is 14.6 Å². The molecule has 188 valence electrons. The number of hydrogen-bond acceptors (Lipinski definition) is 4. The minimum atomic E-state index is -4.52. The number of likely N-dealkylation sites (tertiary alicyclic amines) is 1. The van der Waals surface area contributed by atoms with Crippen molar-refractivity contribution in [3.05, 3.63) is 64.2 Å². The number of halogens is 3. The molecule has 5 nitrogen and oxygen atoms in total. The highest BCUT2D eigenvalue weighted by Gasteiger charge is 2.35. The second-order valence-electron chi connectivity index (χ2n) is 9.56. The maximum Gasteiger partial charge on any atom is 0.419 e. The van der Waals surface area contributed by atoms with Gasteiger partial charge in [0.2, 0.25) is 0 Å². The smallest absolute Gasteiger partial charge is 0.419 e. The molecule has 0 spiro atoms. The monoisotopic (exact) mass is 489 g/mol. The first-order valence-corrected chi connectivity index (χ1v) is 11.8. The number of rotatable bonds is 8. The Bertz CT molecular complexity index is 1130. The molecule has 1 aliphatic carbocycles. The van der Waals surface area contributed by atoms with Gasteiger partial charge >= 0.3 is 12.1 Å². The molecule has 1 N–H and O–H groups in total. The zero-order chi connectivity index (χ0) is 25.3. The van der Waals surface area contributed by atoms with Gasteiger partial charge in [-0.15, -0.1) is 0 Å². The number of nitrogens with zero attached hydrogens (tertiary/aromatic N) is 1. The van der Waals surface area contributed by atoms with Gasteiger partial charge in [-0.25, -0.2) is 0 Å².